The van der Waals surface area contributed by atoms with E-state index in [0.717, 1.165) is 38.5 Å². The molecule has 470 valence electrons. The molecule has 0 amide bonds. The van der Waals surface area contributed by atoms with Gasteiger partial charge in [-0.3, -0.25) is 0 Å². The fraction of sp³-hybridized carbons (Fsp3) is 0.267. The Bertz CT molecular complexity index is 5310. The SMILES string of the molecule is C1=CCC(C2=CCCC(C3=CCCCC3)C2N2c3ccc(-c4ccc5[se]c6ccccc6c5c4)cc3B3c4ccc(-n5c6ccccc6c6ccccc65)cc4N(C4C(C5CC=CCC5)=CCCC4C4=CCCCC4)c4cc(-c5ccc6[se]c7ccccc7c6c5)cc2c43)CC1. The topological polar surface area (TPSA) is 11.4 Å². The van der Waals surface area contributed by atoms with Crippen LogP contribution >= 0.6 is 0 Å². The summed E-state index contributed by atoms with van der Waals surface area (Å²) in [6, 6.07) is 73.6. The summed E-state index contributed by atoms with van der Waals surface area (Å²) in [4.78, 5) is 6.15. The van der Waals surface area contributed by atoms with Gasteiger partial charge in [-0.15, -0.1) is 0 Å². The molecule has 3 aromatic heterocycles. The Kier molecular flexibility index (Phi) is 14.5. The molecule has 5 heterocycles. The van der Waals surface area contributed by atoms with Crippen molar-refractivity contribution < 1.29 is 0 Å². The van der Waals surface area contributed by atoms with E-state index in [1.807, 2.05) is 0 Å². The molecule has 0 spiro atoms. The molecular weight excluding hydrogens is 1290 g/mol. The number of allylic oxidation sites excluding steroid dienone is 8. The number of hydrogen-bond donors (Lipinski definition) is 0. The van der Waals surface area contributed by atoms with Gasteiger partial charge in [-0.1, -0.05) is 60.7 Å². The fourth-order valence-corrected chi connectivity index (χ4v) is 24.4. The minimum Gasteiger partial charge on any atom is -0.0345 e. The molecule has 9 aromatic carbocycles. The van der Waals surface area contributed by atoms with Gasteiger partial charge in [-0.2, -0.15) is 0 Å². The smallest absolute Gasteiger partial charge is 0.0345 e. The van der Waals surface area contributed by atoms with Gasteiger partial charge in [0.1, 0.15) is 0 Å². The molecule has 6 heteroatoms. The number of benzene rings is 9. The van der Waals surface area contributed by atoms with Crippen LogP contribution in [0.3, 0.4) is 0 Å². The van der Waals surface area contributed by atoms with Gasteiger partial charge in [0, 0.05) is 10.8 Å². The van der Waals surface area contributed by atoms with Gasteiger partial charge in [-0.05, 0) is 63.5 Å². The number of aromatic nitrogens is 1. The van der Waals surface area contributed by atoms with Crippen LogP contribution in [0.5, 0.6) is 0 Å². The molecule has 96 heavy (non-hydrogen) atoms. The molecule has 0 saturated heterocycles. The van der Waals surface area contributed by atoms with E-state index in [1.165, 1.54) is 205 Å². The summed E-state index contributed by atoms with van der Waals surface area (Å²) < 4.78 is 8.61. The van der Waals surface area contributed by atoms with Crippen LogP contribution in [0, 0.1) is 23.7 Å². The van der Waals surface area contributed by atoms with Crippen molar-refractivity contribution in [3.63, 3.8) is 0 Å². The van der Waals surface area contributed by atoms with E-state index in [2.05, 4.69) is 245 Å². The van der Waals surface area contributed by atoms with E-state index < -0.39 is 0 Å². The first-order chi connectivity index (χ1) is 47.6. The van der Waals surface area contributed by atoms with Crippen LogP contribution in [0.1, 0.15) is 116 Å². The van der Waals surface area contributed by atoms with E-state index in [4.69, 9.17) is 0 Å². The van der Waals surface area contributed by atoms with Crippen molar-refractivity contribution in [2.75, 3.05) is 9.80 Å². The van der Waals surface area contributed by atoms with Gasteiger partial charge in [0.2, 0.25) is 0 Å². The van der Waals surface area contributed by atoms with Crippen LogP contribution in [0.25, 0.3) is 88.3 Å². The fourth-order valence-electron chi connectivity index (χ4n) is 19.9. The number of rotatable bonds is 9. The normalized spacial score (nSPS) is 22.6. The first-order valence-electron chi connectivity index (χ1n) is 36.6. The molecule has 0 radical (unpaired) electrons. The molecule has 3 nitrogen and oxygen atoms in total. The van der Waals surface area contributed by atoms with E-state index >= 15 is 0 Å². The van der Waals surface area contributed by atoms with Crippen LogP contribution < -0.4 is 26.2 Å². The monoisotopic (exact) mass is 1370 g/mol. The van der Waals surface area contributed by atoms with Gasteiger partial charge in [-0.25, -0.2) is 0 Å². The molecule has 0 fully saturated rings. The zero-order chi connectivity index (χ0) is 63.0. The van der Waals surface area contributed by atoms with Crippen molar-refractivity contribution >= 4 is 135 Å². The molecule has 12 aromatic rings. The van der Waals surface area contributed by atoms with Crippen molar-refractivity contribution in [3.8, 4) is 27.9 Å². The Balaban J connectivity index is 0.916. The number of anilines is 4. The number of fused-ring (bicyclic) bond motifs is 13. The molecule has 0 N–H and O–H groups in total. The van der Waals surface area contributed by atoms with E-state index in [1.54, 1.807) is 22.3 Å². The number of para-hydroxylation sites is 2. The van der Waals surface area contributed by atoms with Gasteiger partial charge < -0.3 is 0 Å². The van der Waals surface area contributed by atoms with Crippen molar-refractivity contribution in [1.29, 1.82) is 0 Å². The maximum absolute atomic E-state index is 3.08. The molecule has 6 atom stereocenters. The van der Waals surface area contributed by atoms with Gasteiger partial charge in [0.25, 0.3) is 0 Å². The molecule has 6 aliphatic carbocycles. The predicted octanol–water partition coefficient (Wildman–Crippen LogP) is 21.4. The summed E-state index contributed by atoms with van der Waals surface area (Å²) in [7, 11) is 0. The zero-order valence-corrected chi connectivity index (χ0v) is 58.3. The molecule has 0 saturated carbocycles. The Hall–Kier alpha value is -8.08. The van der Waals surface area contributed by atoms with Crippen molar-refractivity contribution in [2.24, 2.45) is 23.7 Å². The average Bonchev–Trinajstić information content (AvgIpc) is 0.824. The van der Waals surface area contributed by atoms with Crippen LogP contribution in [0.2, 0.25) is 0 Å². The quantitative estimate of drug-likeness (QED) is 0.105. The molecule has 2 aliphatic heterocycles. The van der Waals surface area contributed by atoms with Gasteiger partial charge in [0.15, 0.2) is 0 Å². The van der Waals surface area contributed by atoms with E-state index in [0.29, 0.717) is 38.2 Å². The van der Waals surface area contributed by atoms with Crippen LogP contribution in [0.15, 0.2) is 253 Å². The summed E-state index contributed by atoms with van der Waals surface area (Å²) in [5, 5.41) is 8.30. The second-order valence-electron chi connectivity index (χ2n) is 29.3. The zero-order valence-electron chi connectivity index (χ0n) is 54.9. The minimum atomic E-state index is -0.0382. The van der Waals surface area contributed by atoms with Crippen LogP contribution in [-0.2, 0) is 0 Å². The second kappa shape index (κ2) is 23.9. The Morgan fingerprint density at radius 2 is 0.865 bits per heavy atom. The summed E-state index contributed by atoms with van der Waals surface area (Å²) in [6.07, 6.45) is 42.6. The Labute approximate surface area is 577 Å². The number of hydrogen-bond acceptors (Lipinski definition) is 2. The van der Waals surface area contributed by atoms with Gasteiger partial charge in [0.05, 0.1) is 11.0 Å². The number of nitrogens with zero attached hydrogens (tertiary/aromatic N) is 3. The van der Waals surface area contributed by atoms with Crippen molar-refractivity contribution in [3.05, 3.63) is 253 Å². The van der Waals surface area contributed by atoms with Crippen LogP contribution in [0.4, 0.5) is 22.7 Å². The summed E-state index contributed by atoms with van der Waals surface area (Å²) in [5.41, 5.74) is 25.9. The first-order valence-corrected chi connectivity index (χ1v) is 40.0. The summed E-state index contributed by atoms with van der Waals surface area (Å²) >= 11 is 0.581. The summed E-state index contributed by atoms with van der Waals surface area (Å²) in [6.45, 7) is -0.0382. The van der Waals surface area contributed by atoms with Gasteiger partial charge >= 0.3 is 436 Å². The Morgan fingerprint density at radius 1 is 0.354 bits per heavy atom. The Morgan fingerprint density at radius 3 is 1.42 bits per heavy atom. The molecule has 8 aliphatic rings. The average molecular weight is 1370 g/mol. The van der Waals surface area contributed by atoms with Crippen molar-refractivity contribution in [1.82, 2.24) is 4.57 Å². The second-order valence-corrected chi connectivity index (χ2v) is 33.8. The third-order valence-corrected chi connectivity index (χ3v) is 29.0. The molecule has 0 bridgehead atoms. The first kappa shape index (κ1) is 58.1. The van der Waals surface area contributed by atoms with E-state index in [9.17, 15) is 0 Å². The van der Waals surface area contributed by atoms with Crippen molar-refractivity contribution in [2.45, 2.75) is 128 Å². The molecule has 20 rings (SSSR count). The third kappa shape index (κ3) is 9.46. The van der Waals surface area contributed by atoms with Crippen LogP contribution in [-0.4, -0.2) is 52.4 Å². The third-order valence-electron chi connectivity index (χ3n) is 24.2. The predicted molar refractivity (Wildman–Crippen MR) is 413 cm³/mol. The summed E-state index contributed by atoms with van der Waals surface area (Å²) in [5.74, 6) is 1.78. The molecular formula is C90H80BN3Se2. The molecule has 6 unspecified atom stereocenters. The minimum absolute atomic E-state index is 0.0382. The standard InChI is InChI=1S/C90H80BN3Se2/c1-5-23-57(24-6-1)66-35-21-36-67(58-25-7-2-8-26-58)89(66)93-80-48-43-63(61-44-49-86-74(51-61)72-33-15-19-41-84(72)95-86)53-77(80)91-76-47-46-65(92-78-39-17-13-31-70(78)71-32-14-18-40-79(71)92)56-81(76)94(90-68(59-27-9-3-10-28-59)37-22-38-69(90)60-29-11-4-12-30-60)83-55-64(54-82(93)88(83)91)62-45-50-87-75(52-62)73-34-16-20-42-85(73)96-87/h1,3,5,9,13-20,25,29,31-35,37,39-57,59,67,69,89-90H,2,4,6-8,10-12,21-24,26-28,30,36,38H2. The van der Waals surface area contributed by atoms with E-state index in [-0.39, 0.29) is 33.3 Å². The maximum atomic E-state index is 3.08.